The molecule has 0 fully saturated rings. The standard InChI is InChI=1S/Fe.HNO.H2O4S/c;1-2;1-5(2,3)4/h;1H;(H2,1,2,3,4). The van der Waals surface area contributed by atoms with Gasteiger partial charge in [-0.3, -0.25) is 9.11 Å². The van der Waals surface area contributed by atoms with Gasteiger partial charge in [-0.15, -0.1) is 0 Å². The van der Waals surface area contributed by atoms with E-state index in [2.05, 4.69) is 5.59 Å². The summed E-state index contributed by atoms with van der Waals surface area (Å²) in [6, 6.07) is 0. The minimum atomic E-state index is -4.67. The van der Waals surface area contributed by atoms with Crippen molar-refractivity contribution in [1.29, 1.82) is 5.59 Å². The molecule has 8 heteroatoms. The van der Waals surface area contributed by atoms with E-state index >= 15 is 0 Å². The third-order valence-electron chi connectivity index (χ3n) is 0. The molecule has 0 aliphatic heterocycles. The number of nitrogens with one attached hydrogen (secondary N) is 1. The van der Waals surface area contributed by atoms with Crippen LogP contribution in [0.2, 0.25) is 0 Å². The Hall–Kier alpha value is -0.0105. The van der Waals surface area contributed by atoms with E-state index in [-0.39, 0.29) is 17.1 Å². The van der Waals surface area contributed by atoms with Gasteiger partial charge in [0.05, 0.1) is 0 Å². The minimum Gasteiger partial charge on any atom is -0.264 e. The van der Waals surface area contributed by atoms with E-state index in [4.69, 9.17) is 22.4 Å². The van der Waals surface area contributed by atoms with Crippen molar-refractivity contribution in [3.63, 3.8) is 0 Å². The van der Waals surface area contributed by atoms with Crippen molar-refractivity contribution >= 4 is 10.4 Å². The maximum atomic E-state index is 8.74. The van der Waals surface area contributed by atoms with Crippen LogP contribution < -0.4 is 0 Å². The van der Waals surface area contributed by atoms with Gasteiger partial charge in [0.25, 0.3) is 0 Å². The summed E-state index contributed by atoms with van der Waals surface area (Å²) in [6.07, 6.45) is 0. The summed E-state index contributed by atoms with van der Waals surface area (Å²) in [7, 11) is -4.67. The van der Waals surface area contributed by atoms with E-state index in [0.717, 1.165) is 0 Å². The predicted molar refractivity (Wildman–Crippen MR) is 20.3 cm³/mol. The van der Waals surface area contributed by atoms with Crippen LogP contribution in [0.3, 0.4) is 0 Å². The van der Waals surface area contributed by atoms with Crippen LogP contribution in [0.4, 0.5) is 0 Å². The Morgan fingerprint density at radius 3 is 1.12 bits per heavy atom. The summed E-state index contributed by atoms with van der Waals surface area (Å²) >= 11 is 0. The summed E-state index contributed by atoms with van der Waals surface area (Å²) in [5.74, 6) is 0. The molecule has 0 aromatic carbocycles. The molecule has 0 aromatic rings. The third-order valence-corrected chi connectivity index (χ3v) is 0. The van der Waals surface area contributed by atoms with Gasteiger partial charge >= 0.3 is 10.4 Å². The second kappa shape index (κ2) is 6.99. The molecule has 0 spiro atoms. The fourth-order valence-electron chi connectivity index (χ4n) is 0. The molecular weight excluding hydrogens is 182 g/mol. The van der Waals surface area contributed by atoms with Gasteiger partial charge in [-0.2, -0.15) is 13.3 Å². The van der Waals surface area contributed by atoms with Crippen LogP contribution in [0, 0.1) is 10.5 Å². The second-order valence-electron chi connectivity index (χ2n) is 0.448. The van der Waals surface area contributed by atoms with Gasteiger partial charge in [0.1, 0.15) is 0 Å². The molecule has 0 aliphatic carbocycles. The Balaban J connectivity index is -0.0000000750. The molecule has 0 heterocycles. The Labute approximate surface area is 56.1 Å². The molecule has 0 radical (unpaired) electrons. The fourth-order valence-corrected chi connectivity index (χ4v) is 0. The van der Waals surface area contributed by atoms with Crippen LogP contribution in [0.1, 0.15) is 0 Å². The Kier molecular flexibility index (Phi) is 13.7. The molecule has 0 atom stereocenters. The first kappa shape index (κ1) is 15.7. The Morgan fingerprint density at radius 2 is 1.12 bits per heavy atom. The molecule has 0 amide bonds. The molecule has 0 bridgehead atoms. The summed E-state index contributed by atoms with van der Waals surface area (Å²) in [6.45, 7) is 0. The van der Waals surface area contributed by atoms with Crippen molar-refractivity contribution in [2.75, 3.05) is 0 Å². The number of nitroso groups, excluding NO2 is 1. The van der Waals surface area contributed by atoms with Gasteiger partial charge < -0.3 is 0 Å². The molecular formula is H3FeNO5S. The molecule has 8 heavy (non-hydrogen) atoms. The van der Waals surface area contributed by atoms with E-state index in [9.17, 15) is 0 Å². The van der Waals surface area contributed by atoms with E-state index < -0.39 is 10.4 Å². The maximum Gasteiger partial charge on any atom is 0.394 e. The normalized spacial score (nSPS) is 7.75. The van der Waals surface area contributed by atoms with Gasteiger partial charge in [-0.25, -0.2) is 0 Å². The van der Waals surface area contributed by atoms with Crippen molar-refractivity contribution in [1.82, 2.24) is 0 Å². The van der Waals surface area contributed by atoms with Crippen LogP contribution in [0.5, 0.6) is 0 Å². The topological polar surface area (TPSA) is 116 Å². The summed E-state index contributed by atoms with van der Waals surface area (Å²) in [4.78, 5) is 7.50. The molecule has 0 rings (SSSR count). The van der Waals surface area contributed by atoms with Gasteiger partial charge in [0.2, 0.25) is 0 Å². The largest absolute Gasteiger partial charge is 0.394 e. The summed E-state index contributed by atoms with van der Waals surface area (Å²) in [5.41, 5.74) is 4.50. The number of rotatable bonds is 0. The number of hydrogen-bond acceptors (Lipinski definition) is 4. The molecule has 0 aromatic heterocycles. The van der Waals surface area contributed by atoms with Crippen LogP contribution in [0.15, 0.2) is 0 Å². The molecule has 0 unspecified atom stereocenters. The molecule has 0 saturated heterocycles. The Morgan fingerprint density at radius 1 is 1.12 bits per heavy atom. The zero-order chi connectivity index (χ0) is 6.50. The van der Waals surface area contributed by atoms with E-state index in [1.165, 1.54) is 0 Å². The minimum absolute atomic E-state index is 0. The van der Waals surface area contributed by atoms with Crippen molar-refractivity contribution < 1.29 is 34.6 Å². The predicted octanol–water partition coefficient (Wildman–Crippen LogP) is -0.324. The quantitative estimate of drug-likeness (QED) is 0.271. The van der Waals surface area contributed by atoms with Crippen LogP contribution in [-0.4, -0.2) is 17.5 Å². The zero-order valence-electron chi connectivity index (χ0n) is 3.38. The summed E-state index contributed by atoms with van der Waals surface area (Å²) < 4.78 is 31.6. The fraction of sp³-hybridized carbons (Fsp3) is 0. The Bertz CT molecular complexity index is 106. The molecule has 52 valence electrons. The molecule has 0 saturated carbocycles. The van der Waals surface area contributed by atoms with E-state index in [1.54, 1.807) is 0 Å². The number of hydrogen-bond donors (Lipinski definition) is 3. The molecule has 0 aliphatic rings. The van der Waals surface area contributed by atoms with Gasteiger partial charge in [-0.05, 0) is 0 Å². The van der Waals surface area contributed by atoms with Crippen molar-refractivity contribution in [2.24, 2.45) is 0 Å². The average Bonchev–Trinajstić information content (AvgIpc) is 1.36. The first-order valence-corrected chi connectivity index (χ1v) is 2.30. The SMILES string of the molecule is N=O.O=S(=O)(O)O.[Fe]. The average molecular weight is 185 g/mol. The van der Waals surface area contributed by atoms with Gasteiger partial charge in [0, 0.05) is 17.1 Å². The van der Waals surface area contributed by atoms with E-state index in [0.29, 0.717) is 0 Å². The van der Waals surface area contributed by atoms with Gasteiger partial charge in [-0.1, -0.05) is 5.59 Å². The second-order valence-corrected chi connectivity index (χ2v) is 1.34. The zero-order valence-corrected chi connectivity index (χ0v) is 5.30. The monoisotopic (exact) mass is 185 g/mol. The van der Waals surface area contributed by atoms with Gasteiger partial charge in [0.15, 0.2) is 0 Å². The molecule has 3 N–H and O–H groups in total. The van der Waals surface area contributed by atoms with Crippen molar-refractivity contribution in [2.45, 2.75) is 0 Å². The first-order valence-electron chi connectivity index (χ1n) is 0.903. The smallest absolute Gasteiger partial charge is 0.264 e. The van der Waals surface area contributed by atoms with Crippen molar-refractivity contribution in [3.8, 4) is 0 Å². The summed E-state index contributed by atoms with van der Waals surface area (Å²) in [5, 5.41) is 0. The maximum absolute atomic E-state index is 8.74. The van der Waals surface area contributed by atoms with Crippen molar-refractivity contribution in [3.05, 3.63) is 4.91 Å². The van der Waals surface area contributed by atoms with Crippen LogP contribution in [0.25, 0.3) is 0 Å². The third kappa shape index (κ3) is 1350000. The van der Waals surface area contributed by atoms with Crippen LogP contribution in [-0.2, 0) is 27.5 Å². The first-order chi connectivity index (χ1) is 3.00. The van der Waals surface area contributed by atoms with Crippen LogP contribution >= 0.6 is 0 Å². The van der Waals surface area contributed by atoms with E-state index in [1.807, 2.05) is 0 Å². The molecule has 6 nitrogen and oxygen atoms in total.